The first-order valence-corrected chi connectivity index (χ1v) is 11.5. The van der Waals surface area contributed by atoms with E-state index in [1.165, 1.54) is 13.2 Å². The number of amides is 1. The molecule has 2 aliphatic rings. The molecule has 0 aromatic heterocycles. The zero-order chi connectivity index (χ0) is 24.7. The van der Waals surface area contributed by atoms with Crippen LogP contribution in [0.3, 0.4) is 0 Å². The number of ether oxygens (including phenoxy) is 1. The van der Waals surface area contributed by atoms with Crippen LogP contribution in [-0.4, -0.2) is 41.3 Å². The van der Waals surface area contributed by atoms with Crippen LogP contribution in [0.25, 0.3) is 11.1 Å². The Kier molecular flexibility index (Phi) is 5.84. The van der Waals surface area contributed by atoms with Crippen molar-refractivity contribution < 1.29 is 28.6 Å². The van der Waals surface area contributed by atoms with E-state index in [-0.39, 0.29) is 36.9 Å². The zero-order valence-corrected chi connectivity index (χ0v) is 19.2. The highest BCUT2D eigenvalue weighted by molar-refractivity contribution is 6.06. The van der Waals surface area contributed by atoms with Crippen molar-refractivity contribution in [1.29, 1.82) is 0 Å². The van der Waals surface area contributed by atoms with Gasteiger partial charge in [0, 0.05) is 30.6 Å². The Morgan fingerprint density at radius 2 is 1.86 bits per heavy atom. The van der Waals surface area contributed by atoms with Crippen molar-refractivity contribution >= 4 is 17.7 Å². The third-order valence-corrected chi connectivity index (χ3v) is 6.90. The van der Waals surface area contributed by atoms with Gasteiger partial charge in [-0.2, -0.15) is 0 Å². The van der Waals surface area contributed by atoms with Gasteiger partial charge in [-0.3, -0.25) is 14.4 Å². The van der Waals surface area contributed by atoms with E-state index in [4.69, 9.17) is 4.74 Å². The molecule has 7 heteroatoms. The molecule has 35 heavy (non-hydrogen) atoms. The second-order valence-corrected chi connectivity index (χ2v) is 8.93. The van der Waals surface area contributed by atoms with E-state index in [0.717, 1.165) is 5.56 Å². The topological polar surface area (TPSA) is 83.9 Å². The van der Waals surface area contributed by atoms with Crippen molar-refractivity contribution in [3.8, 4) is 16.9 Å². The molecule has 178 valence electrons. The standard InChI is InChI=1S/C28H24FNO5/c1-35-26-9-6-16(13-27(32)33)12-21(26)18-7-8-24(29)19-10-11-30(15-23(18)19)28(34)22-14-25(31)20-5-3-2-4-17(20)22/h2-9,12,22H,10-11,13-15H2,1H3,(H,32,33). The number of carbonyl (C=O) groups is 3. The monoisotopic (exact) mass is 473 g/mol. The highest BCUT2D eigenvalue weighted by Crippen LogP contribution is 2.40. The second kappa shape index (κ2) is 8.98. The van der Waals surface area contributed by atoms with Crippen molar-refractivity contribution in [1.82, 2.24) is 4.90 Å². The van der Waals surface area contributed by atoms with Gasteiger partial charge in [-0.1, -0.05) is 36.4 Å². The van der Waals surface area contributed by atoms with E-state index in [2.05, 4.69) is 0 Å². The van der Waals surface area contributed by atoms with Crippen molar-refractivity contribution in [2.45, 2.75) is 31.7 Å². The summed E-state index contributed by atoms with van der Waals surface area (Å²) in [4.78, 5) is 38.9. The molecule has 1 unspecified atom stereocenters. The molecule has 0 bridgehead atoms. The molecule has 0 saturated heterocycles. The van der Waals surface area contributed by atoms with Crippen molar-refractivity contribution in [3.05, 3.63) is 88.2 Å². The number of ketones is 1. The van der Waals surface area contributed by atoms with Crippen LogP contribution in [0.4, 0.5) is 4.39 Å². The number of hydrogen-bond donors (Lipinski definition) is 1. The number of Topliss-reactive ketones (excluding diaryl/α,β-unsaturated/α-hetero) is 1. The van der Waals surface area contributed by atoms with Crippen molar-refractivity contribution in [2.24, 2.45) is 0 Å². The van der Waals surface area contributed by atoms with Crippen LogP contribution < -0.4 is 4.74 Å². The molecule has 0 radical (unpaired) electrons. The summed E-state index contributed by atoms with van der Waals surface area (Å²) in [5.74, 6) is -1.47. The first kappa shape index (κ1) is 22.8. The van der Waals surface area contributed by atoms with Gasteiger partial charge in [0.05, 0.1) is 19.4 Å². The molecule has 1 N–H and O–H groups in total. The summed E-state index contributed by atoms with van der Waals surface area (Å²) in [5, 5.41) is 9.22. The largest absolute Gasteiger partial charge is 0.496 e. The number of hydrogen-bond acceptors (Lipinski definition) is 4. The van der Waals surface area contributed by atoms with Gasteiger partial charge in [0.1, 0.15) is 11.6 Å². The number of methoxy groups -OCH3 is 1. The number of aliphatic carboxylic acids is 1. The molecule has 0 spiro atoms. The second-order valence-electron chi connectivity index (χ2n) is 8.93. The number of carboxylic acid groups (broad SMARTS) is 1. The van der Waals surface area contributed by atoms with Gasteiger partial charge in [-0.25, -0.2) is 4.39 Å². The quantitative estimate of drug-likeness (QED) is 0.595. The number of carbonyl (C=O) groups excluding carboxylic acids is 2. The van der Waals surface area contributed by atoms with Crippen LogP contribution in [0.2, 0.25) is 0 Å². The van der Waals surface area contributed by atoms with Crippen molar-refractivity contribution in [2.75, 3.05) is 13.7 Å². The molecule has 3 aromatic carbocycles. The normalized spacial score (nSPS) is 16.6. The average molecular weight is 474 g/mol. The molecule has 1 atom stereocenters. The number of rotatable bonds is 5. The Bertz CT molecular complexity index is 1370. The van der Waals surface area contributed by atoms with Gasteiger partial charge in [0.15, 0.2) is 5.78 Å². The molecule has 6 nitrogen and oxygen atoms in total. The molecule has 0 fully saturated rings. The predicted octanol–water partition coefficient (Wildman–Crippen LogP) is 4.38. The van der Waals surface area contributed by atoms with E-state index >= 15 is 0 Å². The summed E-state index contributed by atoms with van der Waals surface area (Å²) >= 11 is 0. The maximum atomic E-state index is 14.8. The van der Waals surface area contributed by atoms with Crippen LogP contribution in [-0.2, 0) is 29.0 Å². The molecule has 0 saturated carbocycles. The first-order chi connectivity index (χ1) is 16.9. The fraction of sp³-hybridized carbons (Fsp3) is 0.250. The van der Waals surface area contributed by atoms with Crippen LogP contribution in [0.5, 0.6) is 5.75 Å². The zero-order valence-electron chi connectivity index (χ0n) is 19.2. The Hall–Kier alpha value is -4.00. The number of nitrogens with zero attached hydrogens (tertiary/aromatic N) is 1. The van der Waals surface area contributed by atoms with Gasteiger partial charge in [-0.05, 0) is 52.4 Å². The van der Waals surface area contributed by atoms with Crippen LogP contribution in [0, 0.1) is 5.82 Å². The third-order valence-electron chi connectivity index (χ3n) is 6.90. The van der Waals surface area contributed by atoms with Gasteiger partial charge < -0.3 is 14.7 Å². The Morgan fingerprint density at radius 1 is 1.06 bits per heavy atom. The van der Waals surface area contributed by atoms with E-state index in [1.807, 2.05) is 12.1 Å². The van der Waals surface area contributed by atoms with Crippen LogP contribution >= 0.6 is 0 Å². The van der Waals surface area contributed by atoms with E-state index in [0.29, 0.717) is 52.1 Å². The number of carboxylic acids is 1. The first-order valence-electron chi connectivity index (χ1n) is 11.5. The molecular weight excluding hydrogens is 449 g/mol. The van der Waals surface area contributed by atoms with E-state index < -0.39 is 11.9 Å². The molecule has 1 aliphatic carbocycles. The summed E-state index contributed by atoms with van der Waals surface area (Å²) in [5.41, 5.74) is 4.50. The minimum Gasteiger partial charge on any atom is -0.496 e. The van der Waals surface area contributed by atoms with Gasteiger partial charge in [0.2, 0.25) is 5.91 Å². The summed E-state index contributed by atoms with van der Waals surface area (Å²) < 4.78 is 20.3. The smallest absolute Gasteiger partial charge is 0.307 e. The Balaban J connectivity index is 1.53. The molecular formula is C28H24FNO5. The van der Waals surface area contributed by atoms with E-state index in [9.17, 15) is 23.9 Å². The fourth-order valence-corrected chi connectivity index (χ4v) is 5.22. The lowest BCUT2D eigenvalue weighted by Gasteiger charge is -2.32. The number of benzene rings is 3. The predicted molar refractivity (Wildman–Crippen MR) is 127 cm³/mol. The summed E-state index contributed by atoms with van der Waals surface area (Å²) in [6, 6.07) is 15.4. The van der Waals surface area contributed by atoms with Gasteiger partial charge >= 0.3 is 5.97 Å². The lowest BCUT2D eigenvalue weighted by molar-refractivity contribution is -0.136. The van der Waals surface area contributed by atoms with Crippen LogP contribution in [0.1, 0.15) is 45.0 Å². The number of fused-ring (bicyclic) bond motifs is 2. The fourth-order valence-electron chi connectivity index (χ4n) is 5.22. The third kappa shape index (κ3) is 4.07. The van der Waals surface area contributed by atoms with Gasteiger partial charge in [0.25, 0.3) is 0 Å². The SMILES string of the molecule is COc1ccc(CC(=O)O)cc1-c1ccc(F)c2c1CN(C(=O)C1CC(=O)c3ccccc31)CC2. The maximum absolute atomic E-state index is 14.8. The number of halogens is 1. The maximum Gasteiger partial charge on any atom is 0.307 e. The summed E-state index contributed by atoms with van der Waals surface area (Å²) in [6.45, 7) is 0.551. The highest BCUT2D eigenvalue weighted by Gasteiger charge is 2.37. The Labute approximate surface area is 202 Å². The average Bonchev–Trinajstić information content (AvgIpc) is 3.20. The lowest BCUT2D eigenvalue weighted by Crippen LogP contribution is -2.39. The summed E-state index contributed by atoms with van der Waals surface area (Å²) in [6.07, 6.45) is 0.336. The summed E-state index contributed by atoms with van der Waals surface area (Å²) in [7, 11) is 1.52. The molecule has 1 amide bonds. The highest BCUT2D eigenvalue weighted by atomic mass is 19.1. The van der Waals surface area contributed by atoms with Gasteiger partial charge in [-0.15, -0.1) is 0 Å². The minimum atomic E-state index is -0.953. The minimum absolute atomic E-state index is 0.0388. The molecule has 3 aromatic rings. The molecule has 1 aliphatic heterocycles. The molecule has 5 rings (SSSR count). The lowest BCUT2D eigenvalue weighted by atomic mass is 9.88. The van der Waals surface area contributed by atoms with Crippen molar-refractivity contribution in [3.63, 3.8) is 0 Å². The van der Waals surface area contributed by atoms with E-state index in [1.54, 1.807) is 41.3 Å². The Morgan fingerprint density at radius 3 is 2.63 bits per heavy atom. The molecule has 1 heterocycles. The van der Waals surface area contributed by atoms with Crippen LogP contribution in [0.15, 0.2) is 54.6 Å².